The van der Waals surface area contributed by atoms with Crippen LogP contribution in [0.1, 0.15) is 12.8 Å². The summed E-state index contributed by atoms with van der Waals surface area (Å²) in [6.45, 7) is 0. The Balaban J connectivity index is -0.0000000629. The Morgan fingerprint density at radius 3 is 1.24 bits per heavy atom. The van der Waals surface area contributed by atoms with E-state index in [1.807, 2.05) is 0 Å². The molecule has 0 radical (unpaired) electrons. The molecular weight excluding hydrogens is 344 g/mol. The molecule has 0 aromatic heterocycles. The summed E-state index contributed by atoms with van der Waals surface area (Å²) in [5.41, 5.74) is -2.86. The van der Waals surface area contributed by atoms with Crippen molar-refractivity contribution in [2.24, 2.45) is 0 Å². The van der Waals surface area contributed by atoms with E-state index in [1.165, 1.54) is 0 Å². The van der Waals surface area contributed by atoms with Crippen molar-refractivity contribution >= 4 is 37.7 Å². The summed E-state index contributed by atoms with van der Waals surface area (Å²) >= 11 is -2.61. The van der Waals surface area contributed by atoms with Crippen molar-refractivity contribution in [2.45, 2.75) is 18.4 Å². The molecule has 0 rings (SSSR count). The summed E-state index contributed by atoms with van der Waals surface area (Å²) in [6, 6.07) is 0. The zero-order chi connectivity index (χ0) is 14.2. The summed E-state index contributed by atoms with van der Waals surface area (Å²) in [5, 5.41) is 37.2. The smallest absolute Gasteiger partial charge is 0.550 e. The van der Waals surface area contributed by atoms with Gasteiger partial charge in [-0.05, 0) is 0 Å². The van der Waals surface area contributed by atoms with Crippen molar-refractivity contribution in [3.63, 3.8) is 0 Å². The topological polar surface area (TPSA) is 195 Å². The van der Waals surface area contributed by atoms with Crippen LogP contribution in [0.4, 0.5) is 0 Å². The molecule has 0 spiro atoms. The monoisotopic (exact) mass is 356 g/mol. The predicted octanol–water partition coefficient (Wildman–Crippen LogP) is -14.7. The van der Waals surface area contributed by atoms with Crippen molar-refractivity contribution < 1.29 is 137 Å². The average molecular weight is 356 g/mol. The van der Waals surface area contributed by atoms with Gasteiger partial charge in [0, 0.05) is 24.8 Å². The van der Waals surface area contributed by atoms with E-state index < -0.39 is 47.7 Å². The van der Waals surface area contributed by atoms with Gasteiger partial charge in [-0.3, -0.25) is 9.11 Å². The number of aliphatic carboxylic acids is 3. The molecule has 4 N–H and O–H groups in total. The molecule has 0 aromatic rings. The first kappa shape index (κ1) is 38.2. The van der Waals surface area contributed by atoms with Crippen molar-refractivity contribution in [2.75, 3.05) is 0 Å². The third kappa shape index (κ3) is 26.7. The second-order valence-corrected chi connectivity index (χ2v) is 3.13. The normalized spacial score (nSPS) is 8.38. The fraction of sp³-hybridized carbons (Fsp3) is 0.500. The predicted molar refractivity (Wildman–Crippen MR) is 56.6 cm³/mol. The van der Waals surface area contributed by atoms with Crippen LogP contribution in [-0.4, -0.2) is 55.4 Å². The number of carbonyl (C=O) groups excluding carboxylic acids is 2. The van der Waals surface area contributed by atoms with E-state index in [-0.39, 0.29) is 97.1 Å². The fourth-order valence-electron chi connectivity index (χ4n) is 0.691. The molecule has 0 aliphatic heterocycles. The minimum Gasteiger partial charge on any atom is -0.550 e. The molecule has 0 saturated carbocycles. The van der Waals surface area contributed by atoms with Crippen molar-refractivity contribution in [1.29, 1.82) is 0 Å². The molecule has 0 atom stereocenters. The zero-order valence-corrected chi connectivity index (χ0v) is 17.9. The van der Waals surface area contributed by atoms with Crippen LogP contribution in [-0.2, 0) is 25.7 Å². The summed E-state index contributed by atoms with van der Waals surface area (Å²) in [6.07, 6.45) is -2.59. The first-order valence-corrected chi connectivity index (χ1v) is 4.73. The quantitative estimate of drug-likeness (QED) is 0.271. The molecule has 0 unspecified atom stereocenters. The van der Waals surface area contributed by atoms with Gasteiger partial charge in [0.15, 0.2) is 5.60 Å². The third-order valence-electron chi connectivity index (χ3n) is 1.27. The standard InChI is InChI=1S/C6H8O7.BH4.3Na.H2O3S/c7-3(8)1-6(13,5(11)12)2-4(9)10;;;;;1-4(2)3/h13H,1-2H2,(H,7,8)(H,9,10)(H,11,12);1H4;;;;(H2,1,2,3)/q;-1;3*+1;/p-2. The van der Waals surface area contributed by atoms with E-state index in [0.717, 1.165) is 0 Å². The van der Waals surface area contributed by atoms with Crippen LogP contribution in [0.25, 0.3) is 0 Å². The van der Waals surface area contributed by atoms with Gasteiger partial charge in [-0.2, -0.15) is 4.21 Å². The molecule has 0 heterocycles. The molecule has 0 saturated heterocycles. The SMILES string of the molecule is O=C([O-])CC(O)(CC(=O)[O-])C(=O)O.O=S(O)O.[BH4-].[Na+].[Na+].[Na+]. The van der Waals surface area contributed by atoms with Gasteiger partial charge >= 0.3 is 94.6 Å². The van der Waals surface area contributed by atoms with Crippen LogP contribution >= 0.6 is 0 Å². The van der Waals surface area contributed by atoms with E-state index in [4.69, 9.17) is 23.5 Å². The van der Waals surface area contributed by atoms with Crippen molar-refractivity contribution in [3.05, 3.63) is 0 Å². The van der Waals surface area contributed by atoms with Crippen LogP contribution < -0.4 is 98.9 Å². The first-order valence-electron chi connectivity index (χ1n) is 3.66. The third-order valence-corrected chi connectivity index (χ3v) is 1.27. The van der Waals surface area contributed by atoms with E-state index >= 15 is 0 Å². The van der Waals surface area contributed by atoms with Gasteiger partial charge in [0.05, 0.1) is 0 Å². The largest absolute Gasteiger partial charge is 1.00 e. The molecule has 10 nitrogen and oxygen atoms in total. The van der Waals surface area contributed by atoms with Gasteiger partial charge in [-0.25, -0.2) is 4.79 Å². The van der Waals surface area contributed by atoms with Crippen LogP contribution in [0.5, 0.6) is 0 Å². The number of rotatable bonds is 5. The number of hydrogen-bond donors (Lipinski definition) is 4. The molecule has 21 heavy (non-hydrogen) atoms. The van der Waals surface area contributed by atoms with E-state index in [9.17, 15) is 24.6 Å². The summed E-state index contributed by atoms with van der Waals surface area (Å²) in [7, 11) is 0. The second kappa shape index (κ2) is 19.6. The maximum atomic E-state index is 10.3. The van der Waals surface area contributed by atoms with Gasteiger partial charge in [-0.15, -0.1) is 0 Å². The van der Waals surface area contributed by atoms with Gasteiger partial charge in [0.1, 0.15) is 0 Å². The summed E-state index contributed by atoms with van der Waals surface area (Å²) < 4.78 is 22.8. The summed E-state index contributed by atoms with van der Waals surface area (Å²) in [5.74, 6) is -5.65. The van der Waals surface area contributed by atoms with E-state index in [2.05, 4.69) is 0 Å². The average Bonchev–Trinajstić information content (AvgIpc) is 1.98. The van der Waals surface area contributed by atoms with Gasteiger partial charge in [-0.1, -0.05) is 8.41 Å². The molecule has 0 aliphatic carbocycles. The van der Waals surface area contributed by atoms with Crippen molar-refractivity contribution in [3.8, 4) is 0 Å². The molecule has 0 aliphatic rings. The molecule has 15 heteroatoms. The Morgan fingerprint density at radius 1 is 0.952 bits per heavy atom. The number of hydrogen-bond acceptors (Lipinski definition) is 7. The first-order chi connectivity index (χ1) is 7.51. The minimum atomic E-state index is -2.86. The maximum absolute atomic E-state index is 10.3. The number of carboxylic acids is 3. The maximum Gasteiger partial charge on any atom is 1.00 e. The number of carbonyl (C=O) groups is 3. The second-order valence-electron chi connectivity index (χ2n) is 2.67. The van der Waals surface area contributed by atoms with Gasteiger partial charge < -0.3 is 30.0 Å². The Morgan fingerprint density at radius 2 is 1.14 bits per heavy atom. The Kier molecular flexibility index (Phi) is 35.6. The molecule has 0 aromatic carbocycles. The molecule has 0 fully saturated rings. The van der Waals surface area contributed by atoms with Crippen molar-refractivity contribution in [1.82, 2.24) is 0 Å². The van der Waals surface area contributed by atoms with E-state index in [0.29, 0.717) is 0 Å². The van der Waals surface area contributed by atoms with Crippen LogP contribution in [0.3, 0.4) is 0 Å². The molecule has 0 bridgehead atoms. The minimum absolute atomic E-state index is 0. The molecular formula is C6H12BNa3O10S. The molecule has 108 valence electrons. The Hall–Kier alpha value is 1.50. The fourth-order valence-corrected chi connectivity index (χ4v) is 0.691. The van der Waals surface area contributed by atoms with Gasteiger partial charge in [0.2, 0.25) is 0 Å². The summed E-state index contributed by atoms with van der Waals surface area (Å²) in [4.78, 5) is 30.2. The number of aliphatic hydroxyl groups is 1. The Labute approximate surface area is 190 Å². The van der Waals surface area contributed by atoms with E-state index in [1.54, 1.807) is 0 Å². The number of carboxylic acid groups (broad SMARTS) is 3. The van der Waals surface area contributed by atoms with Crippen LogP contribution in [0.15, 0.2) is 0 Å². The molecule has 0 amide bonds. The zero-order valence-electron chi connectivity index (χ0n) is 11.1. The van der Waals surface area contributed by atoms with Crippen LogP contribution in [0.2, 0.25) is 0 Å². The van der Waals surface area contributed by atoms with Gasteiger partial charge in [0.25, 0.3) is 11.4 Å². The Bertz CT molecular complexity index is 321. The van der Waals surface area contributed by atoms with Crippen LogP contribution in [0, 0.1) is 0 Å².